The fourth-order valence-electron chi connectivity index (χ4n) is 3.23. The molecule has 1 aromatic heterocycles. The molecule has 2 aliphatic heterocycles. The number of aliphatic hydroxyl groups excluding tert-OH is 1. The maximum Gasteiger partial charge on any atom is 1.00 e. The second kappa shape index (κ2) is 10.7. The van der Waals surface area contributed by atoms with Crippen molar-refractivity contribution >= 4 is 52.6 Å². The molecule has 3 heterocycles. The number of carbonyl (C=O) groups is 2. The van der Waals surface area contributed by atoms with Gasteiger partial charge in [0.25, 0.3) is 5.91 Å². The smallest absolute Gasteiger partial charge is 0.860 e. The first-order chi connectivity index (χ1) is 14.9. The number of nitrogens with zero attached hydrogens (tertiary/aromatic N) is 4. The third kappa shape index (κ3) is 5.06. The Morgan fingerprint density at radius 1 is 1.38 bits per heavy atom. The zero-order valence-electron chi connectivity index (χ0n) is 17.2. The predicted molar refractivity (Wildman–Crippen MR) is 116 cm³/mol. The van der Waals surface area contributed by atoms with Crippen LogP contribution in [0.15, 0.2) is 50.9 Å². The van der Waals surface area contributed by atoms with Crippen molar-refractivity contribution in [2.75, 3.05) is 11.5 Å². The van der Waals surface area contributed by atoms with Gasteiger partial charge in [-0.05, 0) is 24.0 Å². The van der Waals surface area contributed by atoms with Crippen molar-refractivity contribution < 1.29 is 54.5 Å². The Bertz CT molecular complexity index is 1080. The van der Waals surface area contributed by atoms with E-state index in [9.17, 15) is 24.9 Å². The van der Waals surface area contributed by atoms with Crippen molar-refractivity contribution in [1.29, 1.82) is 0 Å². The Morgan fingerprint density at radius 2 is 2.09 bits per heavy atom. The molecule has 0 saturated carbocycles. The number of β-lactam (4-membered cyclic amide) rings is 1. The summed E-state index contributed by atoms with van der Waals surface area (Å²) in [5.41, 5.74) is 0.924. The molecule has 3 atom stereocenters. The van der Waals surface area contributed by atoms with Crippen LogP contribution in [-0.4, -0.2) is 66.0 Å². The number of carboxylic acid groups (broad SMARTS) is 1. The molecule has 2 N–H and O–H groups in total. The zero-order valence-corrected chi connectivity index (χ0v) is 21.6. The Kier molecular flexibility index (Phi) is 8.42. The van der Waals surface area contributed by atoms with Crippen LogP contribution in [0.25, 0.3) is 0 Å². The second-order valence-electron chi connectivity index (χ2n) is 6.77. The minimum absolute atomic E-state index is 0. The minimum Gasteiger partial charge on any atom is -0.860 e. The molecule has 32 heavy (non-hydrogen) atoms. The molecular formula is C19H17N4NaO5S3. The van der Waals surface area contributed by atoms with E-state index in [2.05, 4.69) is 15.2 Å². The second-order valence-corrected chi connectivity index (χ2v) is 10.3. The van der Waals surface area contributed by atoms with Crippen LogP contribution in [-0.2, 0) is 9.59 Å². The topological polar surface area (TPSA) is 139 Å². The first kappa shape index (κ1) is 25.2. The first-order valence-corrected chi connectivity index (χ1v) is 12.0. The molecule has 0 aliphatic carbocycles. The molecule has 1 fully saturated rings. The molecule has 9 nitrogen and oxygen atoms in total. The number of fused-ring (bicyclic) bond motifs is 1. The number of thioether (sulfide) groups is 2. The van der Waals surface area contributed by atoms with Gasteiger partial charge in [0.05, 0.1) is 0 Å². The summed E-state index contributed by atoms with van der Waals surface area (Å²) in [5.74, 6) is -1.82. The summed E-state index contributed by atoms with van der Waals surface area (Å²) in [6, 6.07) is 7.31. The van der Waals surface area contributed by atoms with E-state index in [0.29, 0.717) is 22.6 Å². The number of rotatable bonds is 7. The molecular weight excluding hydrogens is 483 g/mol. The van der Waals surface area contributed by atoms with Gasteiger partial charge in [0.2, 0.25) is 0 Å². The molecule has 0 spiro atoms. The molecule has 1 amide bonds. The van der Waals surface area contributed by atoms with Gasteiger partial charge in [-0.25, -0.2) is 4.79 Å². The van der Waals surface area contributed by atoms with E-state index in [-0.39, 0.29) is 35.3 Å². The van der Waals surface area contributed by atoms with E-state index in [1.807, 2.05) is 6.92 Å². The zero-order chi connectivity index (χ0) is 22.1. The molecule has 0 unspecified atom stereocenters. The van der Waals surface area contributed by atoms with Gasteiger partial charge in [0.15, 0.2) is 10.4 Å². The quantitative estimate of drug-likeness (QED) is 0.146. The third-order valence-electron chi connectivity index (χ3n) is 4.71. The number of aliphatic imine (C=N–C) groups is 1. The van der Waals surface area contributed by atoms with Crippen LogP contribution in [0.2, 0.25) is 0 Å². The SMILES string of the molecule is Cc1nnc(SCC2=C(C(=O)O)N3C(=O)[C@@H](N=C([O-])[C@H](O)c4ccccc4)[C@H]3SC2)s1.[Na+]. The number of aliphatic hydroxyl groups is 1. The van der Waals surface area contributed by atoms with Crippen LogP contribution in [0.3, 0.4) is 0 Å². The number of hydrogen-bond acceptors (Lipinski definition) is 10. The summed E-state index contributed by atoms with van der Waals surface area (Å²) in [4.78, 5) is 29.7. The summed E-state index contributed by atoms with van der Waals surface area (Å²) in [6.45, 7) is 1.84. The van der Waals surface area contributed by atoms with Crippen LogP contribution in [0.5, 0.6) is 0 Å². The molecule has 1 saturated heterocycles. The maximum absolute atomic E-state index is 12.7. The van der Waals surface area contributed by atoms with E-state index in [1.165, 1.54) is 39.8 Å². The number of carbonyl (C=O) groups excluding carboxylic acids is 1. The summed E-state index contributed by atoms with van der Waals surface area (Å²) in [6.07, 6.45) is -1.46. The van der Waals surface area contributed by atoms with Crippen LogP contribution < -0.4 is 34.7 Å². The van der Waals surface area contributed by atoms with Gasteiger partial charge in [-0.2, -0.15) is 0 Å². The maximum atomic E-state index is 12.7. The molecule has 4 rings (SSSR count). The summed E-state index contributed by atoms with van der Waals surface area (Å²) < 4.78 is 0.727. The average Bonchev–Trinajstić information content (AvgIpc) is 3.20. The third-order valence-corrected chi connectivity index (χ3v) is 8.10. The van der Waals surface area contributed by atoms with E-state index < -0.39 is 35.3 Å². The van der Waals surface area contributed by atoms with E-state index in [4.69, 9.17) is 0 Å². The van der Waals surface area contributed by atoms with Crippen molar-refractivity contribution in [3.8, 4) is 0 Å². The fourth-order valence-corrected chi connectivity index (χ4v) is 6.51. The standard InChI is InChI=1S/C19H18N4O5S3.Na/c1-9-21-22-19(31-9)30-8-11-7-29-17-12(16(26)23(17)13(11)18(27)28)20-15(25)14(24)10-5-3-2-4-6-10;/h2-6,12,14,17,24H,7-8H2,1H3,(H,20,25)(H,27,28);/q;+1/p-1/t12-,14-,17-;/m1./s1. The minimum atomic E-state index is -1.46. The number of hydrogen-bond donors (Lipinski definition) is 2. The number of aromatic nitrogens is 2. The Morgan fingerprint density at radius 3 is 2.72 bits per heavy atom. The van der Waals surface area contributed by atoms with Crippen molar-refractivity contribution in [2.24, 2.45) is 4.99 Å². The molecule has 0 radical (unpaired) electrons. The number of carboxylic acids is 1. The number of benzene rings is 1. The Hall–Kier alpha value is -1.41. The van der Waals surface area contributed by atoms with Gasteiger partial charge in [-0.1, -0.05) is 53.4 Å². The molecule has 2 aromatic rings. The van der Waals surface area contributed by atoms with E-state index in [0.717, 1.165) is 9.35 Å². The molecule has 0 bridgehead atoms. The van der Waals surface area contributed by atoms with Gasteiger partial charge >= 0.3 is 35.5 Å². The van der Waals surface area contributed by atoms with Gasteiger partial charge < -0.3 is 15.3 Å². The summed E-state index contributed by atoms with van der Waals surface area (Å²) in [7, 11) is 0. The number of aliphatic carboxylic acids is 1. The van der Waals surface area contributed by atoms with Gasteiger partial charge in [0, 0.05) is 11.5 Å². The van der Waals surface area contributed by atoms with Gasteiger partial charge in [-0.15, -0.1) is 22.0 Å². The Balaban J connectivity index is 0.00000289. The van der Waals surface area contributed by atoms with Crippen molar-refractivity contribution in [2.45, 2.75) is 28.8 Å². The van der Waals surface area contributed by atoms with Crippen LogP contribution in [0, 0.1) is 6.92 Å². The average molecular weight is 501 g/mol. The summed E-state index contributed by atoms with van der Waals surface area (Å²) >= 11 is 4.14. The van der Waals surface area contributed by atoms with Crippen LogP contribution in [0.4, 0.5) is 0 Å². The largest absolute Gasteiger partial charge is 1.00 e. The number of amides is 1. The molecule has 13 heteroatoms. The molecule has 1 aromatic carbocycles. The fraction of sp³-hybridized carbons (Fsp3) is 0.316. The van der Waals surface area contributed by atoms with Gasteiger partial charge in [-0.3, -0.25) is 14.7 Å². The monoisotopic (exact) mass is 500 g/mol. The molecule has 2 aliphatic rings. The van der Waals surface area contributed by atoms with Crippen LogP contribution in [0.1, 0.15) is 16.7 Å². The predicted octanol–water partition coefficient (Wildman–Crippen LogP) is -1.94. The molecule has 162 valence electrons. The van der Waals surface area contributed by atoms with Crippen molar-refractivity contribution in [1.82, 2.24) is 15.1 Å². The van der Waals surface area contributed by atoms with E-state index >= 15 is 0 Å². The summed E-state index contributed by atoms with van der Waals surface area (Å²) in [5, 5.41) is 40.5. The van der Waals surface area contributed by atoms with Crippen LogP contribution >= 0.6 is 34.9 Å². The number of aryl methyl sites for hydroxylation is 1. The van der Waals surface area contributed by atoms with E-state index in [1.54, 1.807) is 30.3 Å². The van der Waals surface area contributed by atoms with Crippen molar-refractivity contribution in [3.63, 3.8) is 0 Å². The van der Waals surface area contributed by atoms with Gasteiger partial charge in [0.1, 0.15) is 22.2 Å². The first-order valence-electron chi connectivity index (χ1n) is 9.17. The van der Waals surface area contributed by atoms with Crippen molar-refractivity contribution in [3.05, 3.63) is 52.2 Å². The Labute approximate surface area is 218 Å². The normalized spacial score (nSPS) is 21.5.